The predicted molar refractivity (Wildman–Crippen MR) is 97.9 cm³/mol. The molecule has 2 aliphatic rings. The summed E-state index contributed by atoms with van der Waals surface area (Å²) in [6, 6.07) is 0.348. The van der Waals surface area contributed by atoms with Gasteiger partial charge in [0.1, 0.15) is 4.83 Å². The lowest BCUT2D eigenvalue weighted by atomic mass is 9.89. The van der Waals surface area contributed by atoms with Gasteiger partial charge in [-0.1, -0.05) is 18.7 Å². The highest BCUT2D eigenvalue weighted by molar-refractivity contribution is 8.00. The van der Waals surface area contributed by atoms with E-state index in [4.69, 9.17) is 0 Å². The van der Waals surface area contributed by atoms with Gasteiger partial charge in [-0.15, -0.1) is 11.3 Å². The van der Waals surface area contributed by atoms with E-state index in [0.717, 1.165) is 42.3 Å². The zero-order valence-electron chi connectivity index (χ0n) is 13.8. The highest BCUT2D eigenvalue weighted by Gasteiger charge is 2.27. The van der Waals surface area contributed by atoms with Crippen molar-refractivity contribution in [3.63, 3.8) is 0 Å². The lowest BCUT2D eigenvalue weighted by molar-refractivity contribution is -0.120. The maximum Gasteiger partial charge on any atom is 0.260 e. The van der Waals surface area contributed by atoms with Gasteiger partial charge in [0, 0.05) is 10.9 Å². The molecule has 2 atom stereocenters. The van der Waals surface area contributed by atoms with Gasteiger partial charge in [-0.05, 0) is 50.5 Å². The highest BCUT2D eigenvalue weighted by Crippen LogP contribution is 2.36. The van der Waals surface area contributed by atoms with Crippen LogP contribution in [0.2, 0.25) is 0 Å². The molecule has 2 aliphatic carbocycles. The normalized spacial score (nSPS) is 21.5. The molecule has 0 aliphatic heterocycles. The molecule has 0 saturated heterocycles. The molecule has 0 aromatic carbocycles. The van der Waals surface area contributed by atoms with Gasteiger partial charge < -0.3 is 10.3 Å². The van der Waals surface area contributed by atoms with E-state index in [9.17, 15) is 9.59 Å². The predicted octanol–water partition coefficient (Wildman–Crippen LogP) is 2.87. The molecule has 128 valence electrons. The number of carbonyl (C=O) groups is 1. The fraction of sp³-hybridized carbons (Fsp3) is 0.588. The Morgan fingerprint density at radius 2 is 2.21 bits per heavy atom. The lowest BCUT2D eigenvalue weighted by Crippen LogP contribution is -2.32. The molecule has 0 unspecified atom stereocenters. The van der Waals surface area contributed by atoms with Gasteiger partial charge in [-0.3, -0.25) is 9.59 Å². The standard InChI is InChI=1S/C17H21N3O2S2/c1-8-3-6-11-12(7-8)24-16-13(11)15(22)19-17(20-16)23-9(2)14(21)18-10-4-5-10/h8-10H,3-7H2,1-2H3,(H,18,21)(H,19,20,22)/t8-,9+/m0/s1. The van der Waals surface area contributed by atoms with E-state index < -0.39 is 0 Å². The number of fused-ring (bicyclic) bond motifs is 3. The third-order valence-corrected chi connectivity index (χ3v) is 6.86. The van der Waals surface area contributed by atoms with Crippen molar-refractivity contribution in [2.75, 3.05) is 0 Å². The number of thioether (sulfide) groups is 1. The number of hydrogen-bond acceptors (Lipinski definition) is 5. The zero-order valence-corrected chi connectivity index (χ0v) is 15.5. The summed E-state index contributed by atoms with van der Waals surface area (Å²) in [5.74, 6) is 0.689. The van der Waals surface area contributed by atoms with Gasteiger partial charge in [0.15, 0.2) is 5.16 Å². The summed E-state index contributed by atoms with van der Waals surface area (Å²) in [6.45, 7) is 4.11. The molecule has 0 bridgehead atoms. The van der Waals surface area contributed by atoms with E-state index in [-0.39, 0.29) is 16.7 Å². The molecule has 5 nitrogen and oxygen atoms in total. The van der Waals surface area contributed by atoms with Crippen molar-refractivity contribution in [2.24, 2.45) is 5.92 Å². The smallest absolute Gasteiger partial charge is 0.260 e. The average Bonchev–Trinajstić information content (AvgIpc) is 3.25. The second-order valence-corrected chi connectivity index (χ2v) is 9.36. The van der Waals surface area contributed by atoms with Crippen LogP contribution in [0.1, 0.15) is 43.6 Å². The van der Waals surface area contributed by atoms with E-state index in [1.54, 1.807) is 11.3 Å². The number of thiophene rings is 1. The number of aromatic nitrogens is 2. The molecule has 2 heterocycles. The average molecular weight is 364 g/mol. The molecule has 1 saturated carbocycles. The SMILES string of the molecule is C[C@H]1CCc2c(sc3nc(S[C@H](C)C(=O)NC4CC4)[nH]c(=O)c23)C1. The van der Waals surface area contributed by atoms with Crippen molar-refractivity contribution in [1.82, 2.24) is 15.3 Å². The van der Waals surface area contributed by atoms with Gasteiger partial charge in [-0.25, -0.2) is 4.98 Å². The fourth-order valence-electron chi connectivity index (χ4n) is 3.15. The number of hydrogen-bond donors (Lipinski definition) is 2. The van der Waals surface area contributed by atoms with Crippen molar-refractivity contribution < 1.29 is 4.79 Å². The molecule has 1 fully saturated rings. The summed E-state index contributed by atoms with van der Waals surface area (Å²) in [5, 5.41) is 4.03. The molecular weight excluding hydrogens is 342 g/mol. The highest BCUT2D eigenvalue weighted by atomic mass is 32.2. The van der Waals surface area contributed by atoms with Crippen LogP contribution in [0.3, 0.4) is 0 Å². The summed E-state index contributed by atoms with van der Waals surface area (Å²) < 4.78 is 0. The van der Waals surface area contributed by atoms with Gasteiger partial charge in [0.2, 0.25) is 5.91 Å². The summed E-state index contributed by atoms with van der Waals surface area (Å²) >= 11 is 2.97. The van der Waals surface area contributed by atoms with E-state index >= 15 is 0 Å². The molecule has 4 rings (SSSR count). The van der Waals surface area contributed by atoms with E-state index in [1.165, 1.54) is 22.2 Å². The Balaban J connectivity index is 1.60. The maximum absolute atomic E-state index is 12.6. The van der Waals surface area contributed by atoms with Gasteiger partial charge in [0.05, 0.1) is 10.6 Å². The Labute approximate surface area is 148 Å². The number of aryl methyl sites for hydroxylation is 1. The molecular formula is C17H21N3O2S2. The van der Waals surface area contributed by atoms with Crippen LogP contribution in [-0.2, 0) is 17.6 Å². The quantitative estimate of drug-likeness (QED) is 0.647. The molecule has 2 aromatic rings. The Bertz CT molecular complexity index is 853. The maximum atomic E-state index is 12.6. The molecule has 7 heteroatoms. The Kier molecular flexibility index (Phi) is 4.16. The molecule has 0 radical (unpaired) electrons. The zero-order chi connectivity index (χ0) is 16.8. The summed E-state index contributed by atoms with van der Waals surface area (Å²) in [5.41, 5.74) is 1.13. The van der Waals surface area contributed by atoms with Crippen LogP contribution < -0.4 is 10.9 Å². The van der Waals surface area contributed by atoms with Gasteiger partial charge in [-0.2, -0.15) is 0 Å². The molecule has 2 N–H and O–H groups in total. The van der Waals surface area contributed by atoms with Crippen LogP contribution in [0.4, 0.5) is 0 Å². The van der Waals surface area contributed by atoms with Crippen LogP contribution in [0.25, 0.3) is 10.2 Å². The number of H-pyrrole nitrogens is 1. The largest absolute Gasteiger partial charge is 0.352 e. The van der Waals surface area contributed by atoms with E-state index in [2.05, 4.69) is 22.2 Å². The van der Waals surface area contributed by atoms with Crippen molar-refractivity contribution >= 4 is 39.2 Å². The Morgan fingerprint density at radius 1 is 1.42 bits per heavy atom. The minimum absolute atomic E-state index is 0.0181. The van der Waals surface area contributed by atoms with Crippen LogP contribution >= 0.6 is 23.1 Å². The van der Waals surface area contributed by atoms with E-state index in [1.807, 2.05) is 6.92 Å². The van der Waals surface area contributed by atoms with Crippen molar-refractivity contribution in [2.45, 2.75) is 62.4 Å². The first-order valence-electron chi connectivity index (χ1n) is 8.53. The topological polar surface area (TPSA) is 74.8 Å². The minimum Gasteiger partial charge on any atom is -0.352 e. The van der Waals surface area contributed by atoms with Gasteiger partial charge >= 0.3 is 0 Å². The van der Waals surface area contributed by atoms with Crippen LogP contribution in [-0.4, -0.2) is 27.2 Å². The monoisotopic (exact) mass is 363 g/mol. The van der Waals surface area contributed by atoms with Crippen LogP contribution in [0, 0.1) is 5.92 Å². The molecule has 2 aromatic heterocycles. The summed E-state index contributed by atoms with van der Waals surface area (Å²) in [4.78, 5) is 34.3. The third-order valence-electron chi connectivity index (χ3n) is 4.73. The molecule has 24 heavy (non-hydrogen) atoms. The first-order chi connectivity index (χ1) is 11.5. The summed E-state index contributed by atoms with van der Waals surface area (Å²) in [6.07, 6.45) is 5.28. The van der Waals surface area contributed by atoms with E-state index in [0.29, 0.717) is 17.1 Å². The first-order valence-corrected chi connectivity index (χ1v) is 10.2. The Hall–Kier alpha value is -1.34. The van der Waals surface area contributed by atoms with Gasteiger partial charge in [0.25, 0.3) is 5.56 Å². The van der Waals surface area contributed by atoms with Crippen LogP contribution in [0.15, 0.2) is 9.95 Å². The number of carbonyl (C=O) groups excluding carboxylic acids is 1. The van der Waals surface area contributed by atoms with Crippen molar-refractivity contribution in [1.29, 1.82) is 0 Å². The summed E-state index contributed by atoms with van der Waals surface area (Å²) in [7, 11) is 0. The van der Waals surface area contributed by atoms with Crippen LogP contribution in [0.5, 0.6) is 0 Å². The second-order valence-electron chi connectivity index (χ2n) is 6.95. The number of nitrogens with zero attached hydrogens (tertiary/aromatic N) is 1. The van der Waals surface area contributed by atoms with Crippen molar-refractivity contribution in [3.05, 3.63) is 20.8 Å². The first kappa shape index (κ1) is 16.1. The van der Waals surface area contributed by atoms with Crippen molar-refractivity contribution in [3.8, 4) is 0 Å². The number of amides is 1. The number of rotatable bonds is 4. The third kappa shape index (κ3) is 3.11. The second kappa shape index (κ2) is 6.19. The fourth-order valence-corrected chi connectivity index (χ4v) is 5.40. The minimum atomic E-state index is -0.263. The lowest BCUT2D eigenvalue weighted by Gasteiger charge is -2.17. The number of aromatic amines is 1. The Morgan fingerprint density at radius 3 is 2.96 bits per heavy atom. The molecule has 0 spiro atoms. The molecule has 1 amide bonds. The number of nitrogens with one attached hydrogen (secondary N) is 2.